The minimum atomic E-state index is 0.0693. The van der Waals surface area contributed by atoms with Crippen LogP contribution in [0.2, 0.25) is 5.15 Å². The van der Waals surface area contributed by atoms with Crippen molar-refractivity contribution in [3.8, 4) is 0 Å². The normalized spacial score (nSPS) is 22.9. The van der Waals surface area contributed by atoms with Crippen LogP contribution in [0.3, 0.4) is 0 Å². The first-order valence-electron chi connectivity index (χ1n) is 5.24. The first-order valence-corrected chi connectivity index (χ1v) is 5.62. The summed E-state index contributed by atoms with van der Waals surface area (Å²) in [6, 6.07) is 0.0693. The minimum absolute atomic E-state index is 0.0693. The molecule has 1 heterocycles. The van der Waals surface area contributed by atoms with E-state index in [2.05, 4.69) is 15.3 Å². The Kier molecular flexibility index (Phi) is 3.35. The first kappa shape index (κ1) is 11.9. The number of aromatic nitrogens is 2. The van der Waals surface area contributed by atoms with Gasteiger partial charge in [0.2, 0.25) is 5.95 Å². The third kappa shape index (κ3) is 2.59. The lowest BCUT2D eigenvalue weighted by Crippen LogP contribution is -2.19. The first-order chi connectivity index (χ1) is 8.10. The number of anilines is 3. The Balaban J connectivity index is 2.12. The van der Waals surface area contributed by atoms with Crippen LogP contribution < -0.4 is 16.8 Å². The van der Waals surface area contributed by atoms with Crippen LogP contribution in [0.25, 0.3) is 0 Å². The van der Waals surface area contributed by atoms with E-state index in [9.17, 15) is 0 Å². The molecule has 7 heteroatoms. The summed E-state index contributed by atoms with van der Waals surface area (Å²) in [6.45, 7) is 0.136. The molecule has 2 atom stereocenters. The maximum Gasteiger partial charge on any atom is 0.223 e. The highest BCUT2D eigenvalue weighted by Crippen LogP contribution is 2.27. The highest BCUT2D eigenvalue weighted by atomic mass is 35.5. The van der Waals surface area contributed by atoms with E-state index in [1.54, 1.807) is 0 Å². The van der Waals surface area contributed by atoms with Gasteiger partial charge in [-0.2, -0.15) is 9.97 Å². The van der Waals surface area contributed by atoms with Crippen molar-refractivity contribution in [3.63, 3.8) is 0 Å². The summed E-state index contributed by atoms with van der Waals surface area (Å²) in [5.74, 6) is 0.673. The third-order valence-corrected chi connectivity index (χ3v) is 2.93. The number of nitrogen functional groups attached to an aromatic ring is 2. The lowest BCUT2D eigenvalue weighted by atomic mass is 10.1. The molecule has 92 valence electrons. The van der Waals surface area contributed by atoms with Gasteiger partial charge in [-0.1, -0.05) is 23.8 Å². The number of nitrogens with two attached hydrogens (primary N) is 2. The van der Waals surface area contributed by atoms with Crippen LogP contribution in [-0.2, 0) is 0 Å². The molecule has 1 aromatic heterocycles. The van der Waals surface area contributed by atoms with E-state index >= 15 is 0 Å². The minimum Gasteiger partial charge on any atom is -0.396 e. The van der Waals surface area contributed by atoms with E-state index in [-0.39, 0.29) is 35.4 Å². The second kappa shape index (κ2) is 4.77. The molecule has 0 amide bonds. The van der Waals surface area contributed by atoms with Crippen LogP contribution in [0.15, 0.2) is 12.2 Å². The van der Waals surface area contributed by atoms with Crippen molar-refractivity contribution in [2.75, 3.05) is 23.4 Å². The van der Waals surface area contributed by atoms with Gasteiger partial charge < -0.3 is 21.9 Å². The fourth-order valence-corrected chi connectivity index (χ4v) is 1.94. The maximum absolute atomic E-state index is 9.02. The summed E-state index contributed by atoms with van der Waals surface area (Å²) in [5, 5.41) is 12.3. The van der Waals surface area contributed by atoms with Gasteiger partial charge in [-0.05, 0) is 6.42 Å². The fourth-order valence-electron chi connectivity index (χ4n) is 1.76. The van der Waals surface area contributed by atoms with Crippen LogP contribution in [0, 0.1) is 5.92 Å². The molecule has 6 N–H and O–H groups in total. The van der Waals surface area contributed by atoms with E-state index in [4.69, 9.17) is 28.2 Å². The molecule has 1 aliphatic carbocycles. The number of rotatable bonds is 3. The molecule has 0 aromatic carbocycles. The van der Waals surface area contributed by atoms with E-state index < -0.39 is 0 Å². The number of nitrogens with zero attached hydrogens (tertiary/aromatic N) is 2. The van der Waals surface area contributed by atoms with Crippen LogP contribution in [0.4, 0.5) is 17.5 Å². The average Bonchev–Trinajstić information content (AvgIpc) is 2.73. The number of halogens is 1. The molecule has 0 bridgehead atoms. The predicted octanol–water partition coefficient (Wildman–Crippen LogP) is 0.643. The zero-order valence-electron chi connectivity index (χ0n) is 9.10. The number of nitrogens with one attached hydrogen (secondary N) is 1. The van der Waals surface area contributed by atoms with Crippen molar-refractivity contribution in [1.82, 2.24) is 9.97 Å². The van der Waals surface area contributed by atoms with E-state index in [1.165, 1.54) is 0 Å². The lowest BCUT2D eigenvalue weighted by Gasteiger charge is -2.15. The van der Waals surface area contributed by atoms with Gasteiger partial charge in [0.1, 0.15) is 5.69 Å². The summed E-state index contributed by atoms with van der Waals surface area (Å²) in [5.41, 5.74) is 11.5. The largest absolute Gasteiger partial charge is 0.396 e. The number of hydrogen-bond acceptors (Lipinski definition) is 6. The van der Waals surface area contributed by atoms with Gasteiger partial charge in [0.05, 0.1) is 0 Å². The van der Waals surface area contributed by atoms with Crippen LogP contribution in [0.1, 0.15) is 6.42 Å². The zero-order chi connectivity index (χ0) is 12.4. The smallest absolute Gasteiger partial charge is 0.223 e. The SMILES string of the molecule is Nc1nc(Cl)c(N)c(N[C@H]2C=C[C@@H](CO)C2)n1. The van der Waals surface area contributed by atoms with E-state index in [0.717, 1.165) is 6.42 Å². The van der Waals surface area contributed by atoms with Gasteiger partial charge in [0.15, 0.2) is 11.0 Å². The molecule has 6 nitrogen and oxygen atoms in total. The van der Waals surface area contributed by atoms with Crippen molar-refractivity contribution in [2.45, 2.75) is 12.5 Å². The standard InChI is InChI=1S/C10H14ClN5O/c11-8-7(12)9(16-10(13)15-8)14-6-2-1-5(3-6)4-17/h1-2,5-6,17H,3-4,12H2,(H3,13,14,15,16)/t5-,6+/m1/s1. The van der Waals surface area contributed by atoms with E-state index in [1.807, 2.05) is 12.2 Å². The van der Waals surface area contributed by atoms with Gasteiger partial charge >= 0.3 is 0 Å². The Morgan fingerprint density at radius 1 is 1.41 bits per heavy atom. The van der Waals surface area contributed by atoms with Gasteiger partial charge in [0, 0.05) is 18.6 Å². The fraction of sp³-hybridized carbons (Fsp3) is 0.400. The van der Waals surface area contributed by atoms with Gasteiger partial charge in [-0.15, -0.1) is 0 Å². The van der Waals surface area contributed by atoms with Crippen molar-refractivity contribution >= 4 is 29.1 Å². The van der Waals surface area contributed by atoms with Crippen molar-refractivity contribution in [1.29, 1.82) is 0 Å². The Hall–Kier alpha value is -1.53. The van der Waals surface area contributed by atoms with Crippen molar-refractivity contribution in [2.24, 2.45) is 5.92 Å². The second-order valence-electron chi connectivity index (χ2n) is 3.95. The monoisotopic (exact) mass is 255 g/mol. The molecular formula is C10H14ClN5O. The zero-order valence-corrected chi connectivity index (χ0v) is 9.85. The summed E-state index contributed by atoms with van der Waals surface area (Å²) < 4.78 is 0. The topological polar surface area (TPSA) is 110 Å². The molecule has 0 saturated heterocycles. The lowest BCUT2D eigenvalue weighted by molar-refractivity contribution is 0.250. The molecule has 1 aromatic rings. The number of aliphatic hydroxyl groups is 1. The van der Waals surface area contributed by atoms with E-state index in [0.29, 0.717) is 5.82 Å². The van der Waals surface area contributed by atoms with Crippen molar-refractivity contribution < 1.29 is 5.11 Å². The Bertz CT molecular complexity index is 451. The molecule has 0 aliphatic heterocycles. The molecule has 0 fully saturated rings. The van der Waals surface area contributed by atoms with Gasteiger partial charge in [-0.25, -0.2) is 0 Å². The third-order valence-electron chi connectivity index (χ3n) is 2.65. The second-order valence-corrected chi connectivity index (χ2v) is 4.31. The van der Waals surface area contributed by atoms with Crippen LogP contribution in [-0.4, -0.2) is 27.7 Å². The highest BCUT2D eigenvalue weighted by Gasteiger charge is 2.20. The number of aliphatic hydroxyl groups excluding tert-OH is 1. The summed E-state index contributed by atoms with van der Waals surface area (Å²) in [6.07, 6.45) is 4.71. The number of hydrogen-bond donors (Lipinski definition) is 4. The van der Waals surface area contributed by atoms with Crippen LogP contribution in [0.5, 0.6) is 0 Å². The molecule has 0 radical (unpaired) electrons. The molecule has 17 heavy (non-hydrogen) atoms. The summed E-state index contributed by atoms with van der Waals surface area (Å²) in [4.78, 5) is 7.75. The Morgan fingerprint density at radius 3 is 2.82 bits per heavy atom. The predicted molar refractivity (Wildman–Crippen MR) is 67.6 cm³/mol. The average molecular weight is 256 g/mol. The molecular weight excluding hydrogens is 242 g/mol. The quantitative estimate of drug-likeness (QED) is 0.466. The van der Waals surface area contributed by atoms with Gasteiger partial charge in [-0.3, -0.25) is 0 Å². The Labute approximate surface area is 104 Å². The van der Waals surface area contributed by atoms with Gasteiger partial charge in [0.25, 0.3) is 0 Å². The molecule has 0 unspecified atom stereocenters. The summed E-state index contributed by atoms with van der Waals surface area (Å²) in [7, 11) is 0. The molecule has 1 aliphatic rings. The van der Waals surface area contributed by atoms with Crippen LogP contribution >= 0.6 is 11.6 Å². The summed E-state index contributed by atoms with van der Waals surface area (Å²) >= 11 is 5.81. The highest BCUT2D eigenvalue weighted by molar-refractivity contribution is 6.32. The Morgan fingerprint density at radius 2 is 2.18 bits per heavy atom. The molecule has 0 spiro atoms. The van der Waals surface area contributed by atoms with Crippen molar-refractivity contribution in [3.05, 3.63) is 17.3 Å². The molecule has 0 saturated carbocycles. The maximum atomic E-state index is 9.02. The molecule has 2 rings (SSSR count).